The number of imide groups is 1. The van der Waals surface area contributed by atoms with Crippen molar-refractivity contribution in [1.82, 2.24) is 14.8 Å². The first kappa shape index (κ1) is 45.2. The highest BCUT2D eigenvalue weighted by atomic mass is 32.2. The number of thioether (sulfide) groups is 1. The molecule has 3 aliphatic rings. The minimum absolute atomic E-state index is 0.0512. The molecule has 326 valence electrons. The second-order valence-electron chi connectivity index (χ2n) is 17.7. The molecule has 1 atom stereocenters. The van der Waals surface area contributed by atoms with Crippen LogP contribution in [0.15, 0.2) is 71.8 Å². The van der Waals surface area contributed by atoms with Gasteiger partial charge in [0.05, 0.1) is 6.20 Å². The van der Waals surface area contributed by atoms with Crippen LogP contribution in [0.4, 0.5) is 36.0 Å². The summed E-state index contributed by atoms with van der Waals surface area (Å²) in [7, 11) is 1.76. The van der Waals surface area contributed by atoms with E-state index in [1.165, 1.54) is 6.07 Å². The number of urea groups is 1. The summed E-state index contributed by atoms with van der Waals surface area (Å²) in [5.74, 6) is -0.591. The standard InChI is InChI=1S/C45H53FN6O6S.C2H6/c1-44(2,3)57-42(55)52(43(56)58-45(4,5)6)39-34-17-13-32(23-35(34)36(46)24-47-39)48-38-29-10-8-9-27(21-29)19-20-51(25-28-11-12-28)41(54)49-31-14-18-37(59-33-15-16-33)30(22-31)26-50(7)40(38)53;1-2/h8-10,13-14,17-18,21-24,28,33,38,48H,11-12,15-16,19-20,25-26H2,1-7H3,(H,49,54);1-2H3. The lowest BCUT2D eigenvalue weighted by molar-refractivity contribution is -0.131. The van der Waals surface area contributed by atoms with Crippen molar-refractivity contribution in [3.8, 4) is 0 Å². The van der Waals surface area contributed by atoms with Crippen molar-refractivity contribution in [3.63, 3.8) is 0 Å². The van der Waals surface area contributed by atoms with Crippen LogP contribution < -0.4 is 15.5 Å². The van der Waals surface area contributed by atoms with Crippen molar-refractivity contribution in [2.75, 3.05) is 35.7 Å². The molecule has 1 aliphatic heterocycles. The minimum Gasteiger partial charge on any atom is -0.443 e. The van der Waals surface area contributed by atoms with Crippen LogP contribution in [0.25, 0.3) is 10.8 Å². The summed E-state index contributed by atoms with van der Waals surface area (Å²) in [6.45, 7) is 15.5. The largest absolute Gasteiger partial charge is 0.443 e. The van der Waals surface area contributed by atoms with Crippen LogP contribution in [-0.2, 0) is 27.2 Å². The van der Waals surface area contributed by atoms with Crippen LogP contribution in [0.2, 0.25) is 0 Å². The first-order valence-corrected chi connectivity index (χ1v) is 22.1. The van der Waals surface area contributed by atoms with Gasteiger partial charge >= 0.3 is 18.2 Å². The highest BCUT2D eigenvalue weighted by Crippen LogP contribution is 2.42. The van der Waals surface area contributed by atoms with Gasteiger partial charge in [-0.25, -0.2) is 23.8 Å². The summed E-state index contributed by atoms with van der Waals surface area (Å²) >= 11 is 1.80. The lowest BCUT2D eigenvalue weighted by atomic mass is 10.00. The highest BCUT2D eigenvalue weighted by molar-refractivity contribution is 8.00. The van der Waals surface area contributed by atoms with Crippen LogP contribution in [0, 0.1) is 11.7 Å². The molecule has 0 saturated heterocycles. The predicted octanol–water partition coefficient (Wildman–Crippen LogP) is 10.9. The number of anilines is 3. The Morgan fingerprint density at radius 1 is 0.918 bits per heavy atom. The molecular formula is C47H59FN6O6S. The third-order valence-corrected chi connectivity index (χ3v) is 11.5. The average Bonchev–Trinajstić information content (AvgIpc) is 4.14. The lowest BCUT2D eigenvalue weighted by Gasteiger charge is -2.29. The zero-order valence-corrected chi connectivity index (χ0v) is 37.6. The zero-order chi connectivity index (χ0) is 44.2. The number of likely N-dealkylation sites (N-methyl/N-ethyl adjacent to an activating group) is 1. The van der Waals surface area contributed by atoms with Crippen LogP contribution in [0.5, 0.6) is 0 Å². The third-order valence-electron chi connectivity index (χ3n) is 10.1. The summed E-state index contributed by atoms with van der Waals surface area (Å²) in [5.41, 5.74) is 1.77. The van der Waals surface area contributed by atoms with E-state index in [1.54, 1.807) is 77.4 Å². The first-order chi connectivity index (χ1) is 28.9. The summed E-state index contributed by atoms with van der Waals surface area (Å²) in [5, 5.41) is 7.26. The number of benzene rings is 3. The van der Waals surface area contributed by atoms with Gasteiger partial charge in [0.1, 0.15) is 23.1 Å². The summed E-state index contributed by atoms with van der Waals surface area (Å²) in [4.78, 5) is 64.9. The summed E-state index contributed by atoms with van der Waals surface area (Å²) in [6.07, 6.45) is 3.96. The van der Waals surface area contributed by atoms with Crippen LogP contribution in [-0.4, -0.2) is 75.5 Å². The number of ether oxygens (including phenoxy) is 2. The highest BCUT2D eigenvalue weighted by Gasteiger charge is 2.36. The average molecular weight is 855 g/mol. The van der Waals surface area contributed by atoms with Crippen LogP contribution in [0.3, 0.4) is 0 Å². The fourth-order valence-electron chi connectivity index (χ4n) is 6.88. The topological polar surface area (TPSA) is 133 Å². The molecule has 12 nitrogen and oxygen atoms in total. The second kappa shape index (κ2) is 18.7. The van der Waals surface area contributed by atoms with Gasteiger partial charge in [-0.3, -0.25) is 4.79 Å². The number of nitrogens with one attached hydrogen (secondary N) is 2. The molecule has 2 aliphatic carbocycles. The molecule has 1 unspecified atom stereocenters. The molecule has 2 N–H and O–H groups in total. The Balaban J connectivity index is 0.00000307. The predicted molar refractivity (Wildman–Crippen MR) is 240 cm³/mol. The Kier molecular flexibility index (Phi) is 13.9. The Labute approximate surface area is 362 Å². The van der Waals surface area contributed by atoms with E-state index in [0.717, 1.165) is 47.9 Å². The number of hydrogen-bond acceptors (Lipinski definition) is 9. The maximum atomic E-state index is 15.8. The Morgan fingerprint density at radius 2 is 1.61 bits per heavy atom. The molecule has 5 amide bonds. The van der Waals surface area contributed by atoms with Gasteiger partial charge in [-0.05, 0) is 133 Å². The van der Waals surface area contributed by atoms with Crippen molar-refractivity contribution in [2.24, 2.45) is 5.92 Å². The lowest BCUT2D eigenvalue weighted by Crippen LogP contribution is -2.44. The minimum atomic E-state index is -1.03. The number of fused-ring (bicyclic) bond motifs is 5. The number of carbonyl (C=O) groups is 4. The maximum absolute atomic E-state index is 15.8. The number of pyridine rings is 1. The van der Waals surface area contributed by atoms with Gasteiger partial charge < -0.3 is 29.9 Å². The smallest absolute Gasteiger partial charge is 0.425 e. The number of rotatable bonds is 7. The Morgan fingerprint density at radius 3 is 2.25 bits per heavy atom. The number of nitrogens with zero attached hydrogens (tertiary/aromatic N) is 4. The monoisotopic (exact) mass is 854 g/mol. The molecule has 14 heteroatoms. The van der Waals surface area contributed by atoms with E-state index in [4.69, 9.17) is 9.47 Å². The molecule has 7 rings (SSSR count). The fraction of sp³-hybridized carbons (Fsp3) is 0.468. The van der Waals surface area contributed by atoms with E-state index < -0.39 is 35.2 Å². The van der Waals surface area contributed by atoms with Gasteiger partial charge in [0.25, 0.3) is 0 Å². The molecule has 4 bridgehead atoms. The molecule has 0 spiro atoms. The van der Waals surface area contributed by atoms with Gasteiger partial charge in [0.15, 0.2) is 5.82 Å². The van der Waals surface area contributed by atoms with E-state index in [0.29, 0.717) is 52.5 Å². The number of halogens is 1. The van der Waals surface area contributed by atoms with Crippen LogP contribution >= 0.6 is 11.8 Å². The van der Waals surface area contributed by atoms with Crippen molar-refractivity contribution >= 4 is 63.9 Å². The number of hydrogen-bond donors (Lipinski definition) is 2. The van der Waals surface area contributed by atoms with Gasteiger partial charge in [-0.15, -0.1) is 11.8 Å². The zero-order valence-electron chi connectivity index (χ0n) is 36.8. The number of carbonyl (C=O) groups excluding carboxylic acids is 4. The summed E-state index contributed by atoms with van der Waals surface area (Å²) < 4.78 is 26.9. The molecule has 2 fully saturated rings. The van der Waals surface area contributed by atoms with Crippen molar-refractivity contribution in [1.29, 1.82) is 0 Å². The van der Waals surface area contributed by atoms with Gasteiger partial charge in [0, 0.05) is 59.0 Å². The van der Waals surface area contributed by atoms with Gasteiger partial charge in [-0.1, -0.05) is 38.1 Å². The maximum Gasteiger partial charge on any atom is 0.425 e. The van der Waals surface area contributed by atoms with Gasteiger partial charge in [0.2, 0.25) is 5.91 Å². The van der Waals surface area contributed by atoms with E-state index in [1.807, 2.05) is 61.2 Å². The SMILES string of the molecule is CC.CN1Cc2cc(ccc2SC2CC2)NC(=O)N(CC2CC2)CCc2cccc(c2)C(Nc2ccc3c(N(C(=O)OC(C)(C)C)C(=O)OC(C)(C)C)ncc(F)c3c2)C1=O. The molecule has 2 saturated carbocycles. The van der Waals surface area contributed by atoms with E-state index in [9.17, 15) is 19.2 Å². The summed E-state index contributed by atoms with van der Waals surface area (Å²) in [6, 6.07) is 17.4. The molecule has 1 aromatic heterocycles. The Hall–Kier alpha value is -5.37. The molecule has 4 aromatic rings. The van der Waals surface area contributed by atoms with Crippen molar-refractivity contribution < 1.29 is 33.0 Å². The number of aromatic nitrogens is 1. The molecule has 2 heterocycles. The van der Waals surface area contributed by atoms with Gasteiger partial charge in [-0.2, -0.15) is 4.90 Å². The third kappa shape index (κ3) is 11.9. The van der Waals surface area contributed by atoms with E-state index >= 15 is 4.39 Å². The number of amides is 5. The normalized spacial score (nSPS) is 17.3. The van der Waals surface area contributed by atoms with E-state index in [-0.39, 0.29) is 35.1 Å². The van der Waals surface area contributed by atoms with E-state index in [2.05, 4.69) is 15.6 Å². The van der Waals surface area contributed by atoms with Crippen molar-refractivity contribution in [3.05, 3.63) is 89.4 Å². The molecule has 3 aromatic carbocycles. The molecule has 0 radical (unpaired) electrons. The Bertz CT molecular complexity index is 2240. The molecular weight excluding hydrogens is 796 g/mol. The quantitative estimate of drug-likeness (QED) is 0.186. The van der Waals surface area contributed by atoms with Crippen LogP contribution in [0.1, 0.15) is 104 Å². The first-order valence-electron chi connectivity index (χ1n) is 21.2. The molecule has 61 heavy (non-hydrogen) atoms. The fourth-order valence-corrected chi connectivity index (χ4v) is 8.03. The van der Waals surface area contributed by atoms with Crippen molar-refractivity contribution in [2.45, 2.75) is 121 Å². The second-order valence-corrected chi connectivity index (χ2v) is 19.1.